The van der Waals surface area contributed by atoms with E-state index in [4.69, 9.17) is 5.11 Å². The monoisotopic (exact) mass is 167 g/mol. The fraction of sp³-hybridized carbons (Fsp3) is 0.625. The minimum atomic E-state index is -0.866. The van der Waals surface area contributed by atoms with Gasteiger partial charge in [0.15, 0.2) is 0 Å². The Balaban J connectivity index is 2.25. The van der Waals surface area contributed by atoms with E-state index >= 15 is 0 Å². The molecule has 2 fully saturated rings. The normalized spacial score (nSPS) is 38.3. The van der Waals surface area contributed by atoms with Gasteiger partial charge < -0.3 is 10.4 Å². The van der Waals surface area contributed by atoms with Crippen LogP contribution < -0.4 is 5.32 Å². The maximum absolute atomic E-state index is 10.6. The first-order valence-electron chi connectivity index (χ1n) is 3.95. The summed E-state index contributed by atoms with van der Waals surface area (Å²) in [7, 11) is 0. The zero-order valence-corrected chi connectivity index (χ0v) is 6.41. The lowest BCUT2D eigenvalue weighted by atomic mass is 9.96. The second-order valence-corrected chi connectivity index (χ2v) is 3.35. The van der Waals surface area contributed by atoms with Crippen LogP contribution in [0.2, 0.25) is 0 Å². The van der Waals surface area contributed by atoms with E-state index < -0.39 is 12.0 Å². The molecule has 2 N–H and O–H groups in total. The molecule has 0 aromatic heterocycles. The van der Waals surface area contributed by atoms with Crippen LogP contribution >= 0.6 is 0 Å². The van der Waals surface area contributed by atoms with Crippen molar-refractivity contribution in [2.45, 2.75) is 24.9 Å². The number of piperidine rings is 1. The average Bonchev–Trinajstić information content (AvgIpc) is 2.60. The minimum absolute atomic E-state index is 0.106. The number of rotatable bonds is 1. The van der Waals surface area contributed by atoms with Crippen LogP contribution in [-0.2, 0) is 9.59 Å². The molecular weight excluding hydrogens is 158 g/mol. The number of carboxylic acids is 1. The Morgan fingerprint density at radius 3 is 2.92 bits per heavy atom. The van der Waals surface area contributed by atoms with Crippen LogP contribution in [0.25, 0.3) is 0 Å². The van der Waals surface area contributed by atoms with E-state index in [1.54, 1.807) is 0 Å². The molecule has 2 aliphatic rings. The molecule has 3 atom stereocenters. The fourth-order valence-corrected chi connectivity index (χ4v) is 2.14. The van der Waals surface area contributed by atoms with Crippen LogP contribution in [0.5, 0.6) is 0 Å². The van der Waals surface area contributed by atoms with Crippen molar-refractivity contribution in [3.8, 4) is 0 Å². The topological polar surface area (TPSA) is 66.4 Å². The molecular formula is C8H9NO3. The van der Waals surface area contributed by atoms with Gasteiger partial charge in [0, 0.05) is 17.5 Å². The average molecular weight is 167 g/mol. The Kier molecular flexibility index (Phi) is 1.53. The van der Waals surface area contributed by atoms with Gasteiger partial charge in [-0.3, -0.25) is 4.79 Å². The van der Waals surface area contributed by atoms with Gasteiger partial charge in [-0.2, -0.15) is 0 Å². The molecule has 1 saturated heterocycles. The summed E-state index contributed by atoms with van der Waals surface area (Å²) in [6, 6.07) is -0.368. The molecule has 2 bridgehead atoms. The highest BCUT2D eigenvalue weighted by Gasteiger charge is 2.46. The zero-order chi connectivity index (χ0) is 8.72. The summed E-state index contributed by atoms with van der Waals surface area (Å²) in [6.07, 6.45) is 1.46. The summed E-state index contributed by atoms with van der Waals surface area (Å²) < 4.78 is 0. The van der Waals surface area contributed by atoms with Gasteiger partial charge in [0.2, 0.25) is 0 Å². The van der Waals surface area contributed by atoms with Crippen molar-refractivity contribution < 1.29 is 14.7 Å². The van der Waals surface area contributed by atoms with Crippen molar-refractivity contribution in [2.75, 3.05) is 0 Å². The van der Waals surface area contributed by atoms with Crippen molar-refractivity contribution in [2.24, 2.45) is 5.92 Å². The van der Waals surface area contributed by atoms with Gasteiger partial charge in [0.25, 0.3) is 0 Å². The second-order valence-electron chi connectivity index (χ2n) is 3.35. The van der Waals surface area contributed by atoms with Crippen molar-refractivity contribution in [3.05, 3.63) is 5.57 Å². The number of carbonyl (C=O) groups is 1. The summed E-state index contributed by atoms with van der Waals surface area (Å²) in [5, 5.41) is 11.7. The molecule has 1 aliphatic carbocycles. The first-order valence-corrected chi connectivity index (χ1v) is 3.95. The Morgan fingerprint density at radius 1 is 1.67 bits per heavy atom. The third kappa shape index (κ3) is 0.891. The van der Waals surface area contributed by atoms with Crippen molar-refractivity contribution in [1.82, 2.24) is 5.32 Å². The van der Waals surface area contributed by atoms with Gasteiger partial charge in [-0.05, 0) is 12.8 Å². The van der Waals surface area contributed by atoms with E-state index in [0.717, 1.165) is 6.42 Å². The number of hydrogen-bond acceptors (Lipinski definition) is 3. The van der Waals surface area contributed by atoms with Crippen LogP contribution in [0, 0.1) is 5.92 Å². The van der Waals surface area contributed by atoms with Gasteiger partial charge in [-0.25, -0.2) is 4.79 Å². The molecule has 4 nitrogen and oxygen atoms in total. The predicted molar refractivity (Wildman–Crippen MR) is 40.3 cm³/mol. The highest BCUT2D eigenvalue weighted by Crippen LogP contribution is 2.38. The molecule has 3 unspecified atom stereocenters. The number of carboxylic acid groups (broad SMARTS) is 1. The molecule has 4 heteroatoms. The van der Waals surface area contributed by atoms with E-state index in [1.807, 2.05) is 5.94 Å². The van der Waals surface area contributed by atoms with E-state index in [2.05, 4.69) is 5.32 Å². The Morgan fingerprint density at radius 2 is 2.42 bits per heavy atom. The van der Waals surface area contributed by atoms with E-state index in [0.29, 0.717) is 12.0 Å². The molecule has 0 amide bonds. The molecule has 64 valence electrons. The summed E-state index contributed by atoms with van der Waals surface area (Å²) in [4.78, 5) is 21.0. The summed E-state index contributed by atoms with van der Waals surface area (Å²) in [5.41, 5.74) is 0.645. The van der Waals surface area contributed by atoms with Gasteiger partial charge in [0.1, 0.15) is 12.0 Å². The Hall–Kier alpha value is -1.12. The lowest BCUT2D eigenvalue weighted by molar-refractivity contribution is -0.140. The zero-order valence-electron chi connectivity index (χ0n) is 6.41. The van der Waals surface area contributed by atoms with Gasteiger partial charge in [0.05, 0.1) is 0 Å². The third-order valence-electron chi connectivity index (χ3n) is 2.67. The molecule has 1 aliphatic heterocycles. The quantitative estimate of drug-likeness (QED) is 0.520. The van der Waals surface area contributed by atoms with Gasteiger partial charge >= 0.3 is 5.97 Å². The predicted octanol–water partition coefficient (Wildman–Crippen LogP) is -0.421. The lowest BCUT2D eigenvalue weighted by Crippen LogP contribution is -2.42. The number of fused-ring (bicyclic) bond motifs is 2. The standard InChI is InChI=1S/C8H9NO3/c10-3-4-1-5-2-6(4)7(9-5)8(11)12/h5-7,9H,1-2H2,(H,11,12). The summed E-state index contributed by atoms with van der Waals surface area (Å²) >= 11 is 0. The molecule has 0 spiro atoms. The minimum Gasteiger partial charge on any atom is -0.480 e. The van der Waals surface area contributed by atoms with E-state index in [-0.39, 0.29) is 12.0 Å². The van der Waals surface area contributed by atoms with Crippen LogP contribution in [0.3, 0.4) is 0 Å². The maximum Gasteiger partial charge on any atom is 0.321 e. The lowest BCUT2D eigenvalue weighted by Gasteiger charge is -2.19. The number of carbonyl (C=O) groups excluding carboxylic acids is 1. The van der Waals surface area contributed by atoms with Crippen LogP contribution in [0.4, 0.5) is 0 Å². The molecule has 0 aromatic rings. The molecule has 2 rings (SSSR count). The SMILES string of the molecule is O=C=C1CC2CC1C(C(=O)O)N2. The largest absolute Gasteiger partial charge is 0.480 e. The smallest absolute Gasteiger partial charge is 0.321 e. The molecule has 12 heavy (non-hydrogen) atoms. The molecule has 0 aromatic carbocycles. The van der Waals surface area contributed by atoms with Crippen LogP contribution in [0.15, 0.2) is 5.57 Å². The first-order chi connectivity index (χ1) is 5.72. The first kappa shape index (κ1) is 7.53. The van der Waals surface area contributed by atoms with Gasteiger partial charge in [-0.15, -0.1) is 0 Å². The van der Waals surface area contributed by atoms with Crippen molar-refractivity contribution >= 4 is 11.9 Å². The Labute approximate surface area is 69.3 Å². The molecule has 1 saturated carbocycles. The van der Waals surface area contributed by atoms with Gasteiger partial charge in [-0.1, -0.05) is 0 Å². The van der Waals surface area contributed by atoms with Crippen molar-refractivity contribution in [1.29, 1.82) is 0 Å². The number of hydrogen-bond donors (Lipinski definition) is 2. The number of aliphatic carboxylic acids is 1. The van der Waals surface area contributed by atoms with Crippen LogP contribution in [0.1, 0.15) is 12.8 Å². The Bertz CT molecular complexity index is 278. The van der Waals surface area contributed by atoms with Crippen LogP contribution in [-0.4, -0.2) is 29.1 Å². The van der Waals surface area contributed by atoms with Crippen molar-refractivity contribution in [3.63, 3.8) is 0 Å². The summed E-state index contributed by atoms with van der Waals surface area (Å²) in [5.74, 6) is 0.871. The van der Waals surface area contributed by atoms with E-state index in [1.165, 1.54) is 0 Å². The highest BCUT2D eigenvalue weighted by molar-refractivity contribution is 5.77. The fourth-order valence-electron chi connectivity index (χ4n) is 2.14. The number of nitrogens with one attached hydrogen (secondary N) is 1. The van der Waals surface area contributed by atoms with E-state index in [9.17, 15) is 9.59 Å². The maximum atomic E-state index is 10.6. The highest BCUT2D eigenvalue weighted by atomic mass is 16.4. The molecule has 0 radical (unpaired) electrons. The summed E-state index contributed by atoms with van der Waals surface area (Å²) in [6.45, 7) is 0. The second kappa shape index (κ2) is 2.44. The molecule has 1 heterocycles. The third-order valence-corrected chi connectivity index (χ3v) is 2.67.